The highest BCUT2D eigenvalue weighted by Crippen LogP contribution is 2.10. The van der Waals surface area contributed by atoms with E-state index in [0.29, 0.717) is 5.69 Å². The van der Waals surface area contributed by atoms with Gasteiger partial charge in [-0.25, -0.2) is 9.59 Å². The van der Waals surface area contributed by atoms with Gasteiger partial charge in [0.15, 0.2) is 0 Å². The molecule has 0 radical (unpaired) electrons. The Bertz CT molecular complexity index is 385. The molecule has 82 valence electrons. The molecule has 15 heavy (non-hydrogen) atoms. The van der Waals surface area contributed by atoms with Gasteiger partial charge < -0.3 is 15.4 Å². The molecule has 0 aliphatic rings. The zero-order valence-electron chi connectivity index (χ0n) is 8.70. The van der Waals surface area contributed by atoms with E-state index in [1.807, 2.05) is 0 Å². The van der Waals surface area contributed by atoms with Crippen LogP contribution < -0.4 is 15.4 Å². The Morgan fingerprint density at radius 3 is 2.60 bits per heavy atom. The first kappa shape index (κ1) is 11.0. The number of carbonyl (C=O) groups is 2. The van der Waals surface area contributed by atoms with Crippen molar-refractivity contribution in [1.82, 2.24) is 20.4 Å². The van der Waals surface area contributed by atoms with Crippen molar-refractivity contribution in [3.63, 3.8) is 0 Å². The first-order valence-electron chi connectivity index (χ1n) is 4.26. The van der Waals surface area contributed by atoms with E-state index in [-0.39, 0.29) is 11.9 Å². The van der Waals surface area contributed by atoms with Gasteiger partial charge in [-0.1, -0.05) is 0 Å². The van der Waals surface area contributed by atoms with Crippen LogP contribution in [0, 0.1) is 6.92 Å². The van der Waals surface area contributed by atoms with Crippen LogP contribution in [0.1, 0.15) is 5.69 Å². The second-order valence-electron chi connectivity index (χ2n) is 2.73. The van der Waals surface area contributed by atoms with Gasteiger partial charge in [0.1, 0.15) is 0 Å². The summed E-state index contributed by atoms with van der Waals surface area (Å²) >= 11 is 0. The molecule has 0 unspecified atom stereocenters. The molecule has 0 aliphatic heterocycles. The van der Waals surface area contributed by atoms with Gasteiger partial charge in [0.2, 0.25) is 5.88 Å². The molecule has 1 heterocycles. The van der Waals surface area contributed by atoms with Gasteiger partial charge in [0.25, 0.3) is 0 Å². The van der Waals surface area contributed by atoms with E-state index in [1.54, 1.807) is 6.92 Å². The summed E-state index contributed by atoms with van der Waals surface area (Å²) in [4.78, 5) is 22.1. The molecule has 0 saturated carbocycles. The van der Waals surface area contributed by atoms with Gasteiger partial charge in [-0.3, -0.25) is 0 Å². The number of hydrogen-bond donors (Lipinski definition) is 2. The van der Waals surface area contributed by atoms with Crippen molar-refractivity contribution in [2.75, 3.05) is 14.1 Å². The van der Waals surface area contributed by atoms with Gasteiger partial charge in [-0.05, 0) is 6.92 Å². The molecule has 0 spiro atoms. The van der Waals surface area contributed by atoms with E-state index in [1.165, 1.54) is 20.2 Å². The average molecular weight is 212 g/mol. The number of hydrogen-bond acceptors (Lipinski definition) is 4. The summed E-state index contributed by atoms with van der Waals surface area (Å²) in [5, 5.41) is 8.47. The second-order valence-corrected chi connectivity index (χ2v) is 2.73. The number of rotatable bonds is 1. The van der Waals surface area contributed by atoms with E-state index in [0.717, 1.165) is 4.68 Å². The number of carbonyl (C=O) groups excluding carboxylic acids is 2. The Hall–Kier alpha value is -2.05. The smallest absolute Gasteiger partial charge is 0.390 e. The van der Waals surface area contributed by atoms with Crippen molar-refractivity contribution in [3.05, 3.63) is 11.8 Å². The van der Waals surface area contributed by atoms with Crippen LogP contribution in [0.5, 0.6) is 5.88 Å². The molecule has 1 aromatic rings. The predicted octanol–water partition coefficient (Wildman–Crippen LogP) is 0.0972. The fourth-order valence-corrected chi connectivity index (χ4v) is 0.953. The summed E-state index contributed by atoms with van der Waals surface area (Å²) in [5.74, 6) is 0.0791. The summed E-state index contributed by atoms with van der Waals surface area (Å²) in [6.07, 6.45) is -0.628. The maximum absolute atomic E-state index is 11.2. The largest absolute Gasteiger partial charge is 0.413 e. The normalized spacial score (nSPS) is 9.53. The van der Waals surface area contributed by atoms with Crippen LogP contribution in [0.3, 0.4) is 0 Å². The lowest BCUT2D eigenvalue weighted by molar-refractivity contribution is 0.200. The Labute approximate surface area is 86.4 Å². The first-order valence-corrected chi connectivity index (χ1v) is 4.26. The number of nitrogens with one attached hydrogen (secondary N) is 2. The predicted molar refractivity (Wildman–Crippen MR) is 51.9 cm³/mol. The molecular weight excluding hydrogens is 200 g/mol. The lowest BCUT2D eigenvalue weighted by Crippen LogP contribution is -2.27. The number of amides is 2. The highest BCUT2D eigenvalue weighted by Gasteiger charge is 2.12. The number of ether oxygens (including phenoxy) is 1. The summed E-state index contributed by atoms with van der Waals surface area (Å²) in [6.45, 7) is 1.68. The molecule has 0 aliphatic carbocycles. The fraction of sp³-hybridized carbons (Fsp3) is 0.375. The van der Waals surface area contributed by atoms with E-state index in [9.17, 15) is 9.59 Å². The van der Waals surface area contributed by atoms with Crippen molar-refractivity contribution in [3.8, 4) is 5.88 Å². The zero-order chi connectivity index (χ0) is 11.4. The molecule has 7 heteroatoms. The van der Waals surface area contributed by atoms with Crippen molar-refractivity contribution in [1.29, 1.82) is 0 Å². The van der Waals surface area contributed by atoms with Gasteiger partial charge in [-0.15, -0.1) is 5.10 Å². The molecule has 0 atom stereocenters. The fourth-order valence-electron chi connectivity index (χ4n) is 0.953. The molecule has 0 saturated heterocycles. The monoisotopic (exact) mass is 212 g/mol. The van der Waals surface area contributed by atoms with E-state index in [4.69, 9.17) is 4.74 Å². The molecule has 0 aromatic carbocycles. The van der Waals surface area contributed by atoms with Crippen LogP contribution in [0.2, 0.25) is 0 Å². The Morgan fingerprint density at radius 2 is 2.07 bits per heavy atom. The summed E-state index contributed by atoms with van der Waals surface area (Å²) in [5.41, 5.74) is 0.577. The highest BCUT2D eigenvalue weighted by atomic mass is 16.6. The molecule has 2 amide bonds. The zero-order valence-corrected chi connectivity index (χ0v) is 8.70. The Balaban J connectivity index is 2.86. The Morgan fingerprint density at radius 1 is 1.40 bits per heavy atom. The van der Waals surface area contributed by atoms with E-state index < -0.39 is 6.09 Å². The van der Waals surface area contributed by atoms with Crippen LogP contribution in [0.15, 0.2) is 6.07 Å². The molecule has 0 bridgehead atoms. The van der Waals surface area contributed by atoms with Crippen molar-refractivity contribution in [2.24, 2.45) is 0 Å². The van der Waals surface area contributed by atoms with Crippen molar-refractivity contribution >= 4 is 12.1 Å². The third kappa shape index (κ3) is 2.46. The van der Waals surface area contributed by atoms with Gasteiger partial charge in [0.05, 0.1) is 5.69 Å². The minimum atomic E-state index is -0.628. The minimum absolute atomic E-state index is 0.0791. The minimum Gasteiger partial charge on any atom is -0.390 e. The lowest BCUT2D eigenvalue weighted by atomic mass is 10.5. The van der Waals surface area contributed by atoms with Crippen LogP contribution in [0.4, 0.5) is 9.59 Å². The standard InChI is InChI=1S/C8H12N4O3/c1-5-4-6(15-8(14)10-3)11-12(5)7(13)9-2/h4H,1-3H3,(H,9,13)(H,10,14). The van der Waals surface area contributed by atoms with E-state index >= 15 is 0 Å². The van der Waals surface area contributed by atoms with Crippen LogP contribution in [-0.2, 0) is 0 Å². The maximum atomic E-state index is 11.2. The average Bonchev–Trinajstić information content (AvgIpc) is 2.58. The summed E-state index contributed by atoms with van der Waals surface area (Å²) < 4.78 is 5.87. The van der Waals surface area contributed by atoms with Gasteiger partial charge >= 0.3 is 12.1 Å². The molecule has 7 nitrogen and oxygen atoms in total. The first-order chi connectivity index (χ1) is 7.08. The van der Waals surface area contributed by atoms with Crippen LogP contribution in [0.25, 0.3) is 0 Å². The number of aryl methyl sites for hydroxylation is 1. The molecule has 0 fully saturated rings. The SMILES string of the molecule is CNC(=O)Oc1cc(C)n(C(=O)NC)n1. The molecule has 2 N–H and O–H groups in total. The van der Waals surface area contributed by atoms with Crippen LogP contribution in [-0.4, -0.2) is 36.0 Å². The summed E-state index contributed by atoms with van der Waals surface area (Å²) in [7, 11) is 2.92. The van der Waals surface area contributed by atoms with Crippen molar-refractivity contribution in [2.45, 2.75) is 6.92 Å². The van der Waals surface area contributed by atoms with Crippen LogP contribution >= 0.6 is 0 Å². The lowest BCUT2D eigenvalue weighted by Gasteiger charge is -2.00. The topological polar surface area (TPSA) is 85.2 Å². The summed E-state index contributed by atoms with van der Waals surface area (Å²) in [6, 6.07) is 1.10. The van der Waals surface area contributed by atoms with Gasteiger partial charge in [0, 0.05) is 20.2 Å². The molecular formula is C8H12N4O3. The van der Waals surface area contributed by atoms with E-state index in [2.05, 4.69) is 15.7 Å². The number of aromatic nitrogens is 2. The number of nitrogens with zero attached hydrogens (tertiary/aromatic N) is 2. The van der Waals surface area contributed by atoms with Gasteiger partial charge in [-0.2, -0.15) is 4.68 Å². The molecule has 1 rings (SSSR count). The molecule has 1 aromatic heterocycles. The second kappa shape index (κ2) is 4.45. The maximum Gasteiger partial charge on any atom is 0.413 e. The third-order valence-corrected chi connectivity index (χ3v) is 1.67. The third-order valence-electron chi connectivity index (χ3n) is 1.67. The highest BCUT2D eigenvalue weighted by molar-refractivity contribution is 5.76. The Kier molecular flexibility index (Phi) is 3.27. The quantitative estimate of drug-likeness (QED) is 0.691. The van der Waals surface area contributed by atoms with Crippen molar-refractivity contribution < 1.29 is 14.3 Å².